The lowest BCUT2D eigenvalue weighted by Gasteiger charge is -2.30. The van der Waals surface area contributed by atoms with Crippen molar-refractivity contribution in [1.82, 2.24) is 14.8 Å². The summed E-state index contributed by atoms with van der Waals surface area (Å²) in [4.78, 5) is 2.49. The van der Waals surface area contributed by atoms with Crippen molar-refractivity contribution in [2.45, 2.75) is 82.1 Å². The Labute approximate surface area is 143 Å². The van der Waals surface area contributed by atoms with E-state index in [1.54, 1.807) is 0 Å². The third kappa shape index (κ3) is 2.73. The molecule has 1 aliphatic carbocycles. The standard InChI is InChI=1S/C18H28N4O2/c1-5-15(16-6-3-11-24-16)21(9-1)18-20-19-17(13-7-8-13)22(18)12-14-4-2-10-23-14/h13-16H,1-12H2. The summed E-state index contributed by atoms with van der Waals surface area (Å²) in [6.45, 7) is 3.83. The van der Waals surface area contributed by atoms with Crippen LogP contribution in [0.3, 0.4) is 0 Å². The lowest BCUT2D eigenvalue weighted by atomic mass is 10.1. The molecule has 0 bridgehead atoms. The van der Waals surface area contributed by atoms with Crippen LogP contribution in [0.4, 0.5) is 5.95 Å². The maximum absolute atomic E-state index is 6.00. The van der Waals surface area contributed by atoms with Gasteiger partial charge < -0.3 is 14.4 Å². The number of ether oxygens (including phenoxy) is 2. The molecule has 0 aromatic carbocycles. The Bertz CT molecular complexity index is 574. The molecule has 0 spiro atoms. The van der Waals surface area contributed by atoms with Gasteiger partial charge in [-0.05, 0) is 51.4 Å². The van der Waals surface area contributed by atoms with Gasteiger partial charge in [0.25, 0.3) is 0 Å². The molecule has 132 valence electrons. The Balaban J connectivity index is 1.43. The Morgan fingerprint density at radius 2 is 1.79 bits per heavy atom. The number of hydrogen-bond acceptors (Lipinski definition) is 5. The Morgan fingerprint density at radius 1 is 0.917 bits per heavy atom. The van der Waals surface area contributed by atoms with Crippen LogP contribution >= 0.6 is 0 Å². The Morgan fingerprint density at radius 3 is 2.54 bits per heavy atom. The van der Waals surface area contributed by atoms with Gasteiger partial charge >= 0.3 is 0 Å². The molecule has 4 fully saturated rings. The Hall–Kier alpha value is -1.14. The van der Waals surface area contributed by atoms with Crippen molar-refractivity contribution in [2.75, 3.05) is 24.7 Å². The number of hydrogen-bond donors (Lipinski definition) is 0. The number of anilines is 1. The summed E-state index contributed by atoms with van der Waals surface area (Å²) in [5, 5.41) is 9.25. The number of rotatable bonds is 5. The van der Waals surface area contributed by atoms with Crippen LogP contribution in [0.15, 0.2) is 0 Å². The van der Waals surface area contributed by atoms with Crippen molar-refractivity contribution in [3.05, 3.63) is 5.82 Å². The minimum absolute atomic E-state index is 0.334. The van der Waals surface area contributed by atoms with Gasteiger partial charge in [0.2, 0.25) is 5.95 Å². The minimum atomic E-state index is 0.334. The molecule has 6 heteroatoms. The summed E-state index contributed by atoms with van der Waals surface area (Å²) in [5.74, 6) is 2.89. The fourth-order valence-electron chi connectivity index (χ4n) is 4.66. The molecule has 1 saturated carbocycles. The van der Waals surface area contributed by atoms with E-state index in [4.69, 9.17) is 9.47 Å². The SMILES string of the molecule is C1COC(Cn2c(C3CC3)nnc2N2CCCC2C2CCCO2)C1. The van der Waals surface area contributed by atoms with Gasteiger partial charge in [-0.15, -0.1) is 10.2 Å². The molecule has 4 heterocycles. The first-order valence-electron chi connectivity index (χ1n) is 9.83. The van der Waals surface area contributed by atoms with E-state index in [9.17, 15) is 0 Å². The second kappa shape index (κ2) is 6.30. The third-order valence-electron chi connectivity index (χ3n) is 6.06. The molecule has 1 aromatic rings. The largest absolute Gasteiger partial charge is 0.376 e. The van der Waals surface area contributed by atoms with Crippen LogP contribution in [0.25, 0.3) is 0 Å². The van der Waals surface area contributed by atoms with E-state index in [0.717, 1.165) is 38.7 Å². The fourth-order valence-corrected chi connectivity index (χ4v) is 4.66. The van der Waals surface area contributed by atoms with Gasteiger partial charge in [-0.25, -0.2) is 0 Å². The van der Waals surface area contributed by atoms with Crippen molar-refractivity contribution in [3.63, 3.8) is 0 Å². The summed E-state index contributed by atoms with van der Waals surface area (Å²) < 4.78 is 14.3. The van der Waals surface area contributed by atoms with Gasteiger partial charge in [-0.1, -0.05) is 0 Å². The third-order valence-corrected chi connectivity index (χ3v) is 6.06. The smallest absolute Gasteiger partial charge is 0.227 e. The van der Waals surface area contributed by atoms with E-state index in [-0.39, 0.29) is 0 Å². The zero-order valence-electron chi connectivity index (χ0n) is 14.4. The maximum Gasteiger partial charge on any atom is 0.227 e. The monoisotopic (exact) mass is 332 g/mol. The molecule has 0 radical (unpaired) electrons. The molecular weight excluding hydrogens is 304 g/mol. The number of nitrogens with zero attached hydrogens (tertiary/aromatic N) is 4. The normalized spacial score (nSPS) is 33.7. The van der Waals surface area contributed by atoms with Crippen LogP contribution < -0.4 is 4.90 Å². The van der Waals surface area contributed by atoms with Crippen molar-refractivity contribution < 1.29 is 9.47 Å². The zero-order valence-corrected chi connectivity index (χ0v) is 14.4. The van der Waals surface area contributed by atoms with Gasteiger partial charge in [0.05, 0.1) is 24.8 Å². The van der Waals surface area contributed by atoms with Gasteiger partial charge in [0.1, 0.15) is 5.82 Å². The van der Waals surface area contributed by atoms with E-state index in [1.165, 1.54) is 50.8 Å². The van der Waals surface area contributed by atoms with Crippen molar-refractivity contribution >= 4 is 5.95 Å². The summed E-state index contributed by atoms with van der Waals surface area (Å²) in [6, 6.07) is 0.479. The molecule has 0 N–H and O–H groups in total. The number of aromatic nitrogens is 3. The molecule has 3 saturated heterocycles. The van der Waals surface area contributed by atoms with Crippen LogP contribution in [-0.2, 0) is 16.0 Å². The van der Waals surface area contributed by atoms with Gasteiger partial charge in [-0.2, -0.15) is 0 Å². The molecule has 1 aromatic heterocycles. The van der Waals surface area contributed by atoms with E-state index >= 15 is 0 Å². The molecule has 3 atom stereocenters. The second-order valence-corrected chi connectivity index (χ2v) is 7.83. The quantitative estimate of drug-likeness (QED) is 0.829. The highest BCUT2D eigenvalue weighted by molar-refractivity contribution is 5.37. The van der Waals surface area contributed by atoms with Gasteiger partial charge in [0, 0.05) is 25.7 Å². The van der Waals surface area contributed by atoms with Crippen LogP contribution in [0.5, 0.6) is 0 Å². The lowest BCUT2D eigenvalue weighted by molar-refractivity contribution is 0.0887. The van der Waals surface area contributed by atoms with Gasteiger partial charge in [-0.3, -0.25) is 4.57 Å². The maximum atomic E-state index is 6.00. The molecule has 4 aliphatic rings. The molecule has 5 rings (SSSR count). The van der Waals surface area contributed by atoms with Crippen LogP contribution in [0.2, 0.25) is 0 Å². The average Bonchev–Trinajstić information content (AvgIpc) is 3.09. The summed E-state index contributed by atoms with van der Waals surface area (Å²) in [5.41, 5.74) is 0. The summed E-state index contributed by atoms with van der Waals surface area (Å²) >= 11 is 0. The van der Waals surface area contributed by atoms with E-state index in [2.05, 4.69) is 19.7 Å². The van der Waals surface area contributed by atoms with Crippen LogP contribution in [-0.4, -0.2) is 52.8 Å². The lowest BCUT2D eigenvalue weighted by Crippen LogP contribution is -2.40. The van der Waals surface area contributed by atoms with Gasteiger partial charge in [0.15, 0.2) is 0 Å². The highest BCUT2D eigenvalue weighted by Crippen LogP contribution is 2.41. The average molecular weight is 332 g/mol. The Kier molecular flexibility index (Phi) is 3.97. The van der Waals surface area contributed by atoms with Crippen LogP contribution in [0, 0.1) is 0 Å². The minimum Gasteiger partial charge on any atom is -0.376 e. The van der Waals surface area contributed by atoms with Crippen molar-refractivity contribution in [1.29, 1.82) is 0 Å². The molecule has 3 aliphatic heterocycles. The first-order chi connectivity index (χ1) is 11.9. The summed E-state index contributed by atoms with van der Waals surface area (Å²) in [7, 11) is 0. The molecule has 24 heavy (non-hydrogen) atoms. The zero-order chi connectivity index (χ0) is 15.9. The van der Waals surface area contributed by atoms with Crippen molar-refractivity contribution in [2.24, 2.45) is 0 Å². The highest BCUT2D eigenvalue weighted by atomic mass is 16.5. The second-order valence-electron chi connectivity index (χ2n) is 7.83. The predicted molar refractivity (Wildman–Crippen MR) is 90.3 cm³/mol. The fraction of sp³-hybridized carbons (Fsp3) is 0.889. The molecular formula is C18H28N4O2. The predicted octanol–water partition coefficient (Wildman–Crippen LogP) is 2.48. The molecule has 6 nitrogen and oxygen atoms in total. The van der Waals surface area contributed by atoms with E-state index < -0.39 is 0 Å². The molecule has 3 unspecified atom stereocenters. The van der Waals surface area contributed by atoms with Crippen LogP contribution in [0.1, 0.15) is 63.1 Å². The van der Waals surface area contributed by atoms with E-state index in [1.807, 2.05) is 0 Å². The van der Waals surface area contributed by atoms with Crippen molar-refractivity contribution in [3.8, 4) is 0 Å². The topological polar surface area (TPSA) is 52.4 Å². The molecule has 0 amide bonds. The van der Waals surface area contributed by atoms with E-state index in [0.29, 0.717) is 24.2 Å². The first kappa shape index (κ1) is 15.1. The summed E-state index contributed by atoms with van der Waals surface area (Å²) in [6.07, 6.45) is 10.4. The highest BCUT2D eigenvalue weighted by Gasteiger charge is 2.39. The first-order valence-corrected chi connectivity index (χ1v) is 9.83.